The maximum absolute atomic E-state index is 12.5. The van der Waals surface area contributed by atoms with E-state index in [0.717, 1.165) is 4.90 Å². The summed E-state index contributed by atoms with van der Waals surface area (Å²) in [5.74, 6) is -0.887. The molecule has 0 fully saturated rings. The first-order chi connectivity index (χ1) is 10.6. The third kappa shape index (κ3) is 2.42. The van der Waals surface area contributed by atoms with Crippen molar-refractivity contribution in [1.29, 1.82) is 0 Å². The number of amides is 2. The Labute approximate surface area is 130 Å². The Bertz CT molecular complexity index is 812. The van der Waals surface area contributed by atoms with Gasteiger partial charge in [0.1, 0.15) is 5.69 Å². The van der Waals surface area contributed by atoms with Gasteiger partial charge in [-0.05, 0) is 47.1 Å². The SMILES string of the molecule is O=Nc1cccc(C2=CC(=O)N(c3ccc(Cl)cc3)C2=O)c1. The predicted molar refractivity (Wildman–Crippen MR) is 83.8 cm³/mol. The molecule has 0 bridgehead atoms. The number of hydrogen-bond acceptors (Lipinski definition) is 4. The maximum Gasteiger partial charge on any atom is 0.266 e. The molecule has 5 nitrogen and oxygen atoms in total. The van der Waals surface area contributed by atoms with Gasteiger partial charge in [-0.15, -0.1) is 4.91 Å². The molecule has 0 N–H and O–H groups in total. The van der Waals surface area contributed by atoms with Crippen molar-refractivity contribution in [1.82, 2.24) is 0 Å². The minimum absolute atomic E-state index is 0.198. The van der Waals surface area contributed by atoms with E-state index in [1.165, 1.54) is 18.2 Å². The minimum Gasteiger partial charge on any atom is -0.269 e. The third-order valence-corrected chi connectivity index (χ3v) is 3.52. The van der Waals surface area contributed by atoms with E-state index in [1.54, 1.807) is 36.4 Å². The molecule has 0 atom stereocenters. The average molecular weight is 313 g/mol. The van der Waals surface area contributed by atoms with Crippen LogP contribution in [0.4, 0.5) is 11.4 Å². The highest BCUT2D eigenvalue weighted by Gasteiger charge is 2.33. The summed E-state index contributed by atoms with van der Waals surface area (Å²) in [5, 5.41) is 3.35. The van der Waals surface area contributed by atoms with Crippen molar-refractivity contribution in [3.05, 3.63) is 70.1 Å². The zero-order chi connectivity index (χ0) is 15.7. The number of carbonyl (C=O) groups is 2. The van der Waals surface area contributed by atoms with Crippen molar-refractivity contribution < 1.29 is 9.59 Å². The highest BCUT2D eigenvalue weighted by Crippen LogP contribution is 2.30. The van der Waals surface area contributed by atoms with Crippen molar-refractivity contribution in [2.24, 2.45) is 5.18 Å². The molecule has 0 saturated heterocycles. The van der Waals surface area contributed by atoms with Gasteiger partial charge in [0.25, 0.3) is 11.8 Å². The van der Waals surface area contributed by atoms with Gasteiger partial charge in [0.2, 0.25) is 0 Å². The highest BCUT2D eigenvalue weighted by molar-refractivity contribution is 6.43. The number of anilines is 1. The van der Waals surface area contributed by atoms with Gasteiger partial charge in [0.05, 0.1) is 11.3 Å². The van der Waals surface area contributed by atoms with Gasteiger partial charge < -0.3 is 0 Å². The zero-order valence-corrected chi connectivity index (χ0v) is 11.9. The van der Waals surface area contributed by atoms with Crippen LogP contribution in [0, 0.1) is 4.91 Å². The minimum atomic E-state index is -0.449. The van der Waals surface area contributed by atoms with E-state index in [2.05, 4.69) is 5.18 Å². The molecule has 0 aromatic heterocycles. The van der Waals surface area contributed by atoms with Crippen LogP contribution in [0.5, 0.6) is 0 Å². The zero-order valence-electron chi connectivity index (χ0n) is 11.2. The number of rotatable bonds is 3. The lowest BCUT2D eigenvalue weighted by Crippen LogP contribution is -2.30. The topological polar surface area (TPSA) is 66.8 Å². The van der Waals surface area contributed by atoms with Gasteiger partial charge in [0.15, 0.2) is 0 Å². The Morgan fingerprint density at radius 2 is 1.73 bits per heavy atom. The monoisotopic (exact) mass is 312 g/mol. The first-order valence-electron chi connectivity index (χ1n) is 6.39. The van der Waals surface area contributed by atoms with Crippen LogP contribution in [0.3, 0.4) is 0 Å². The fourth-order valence-corrected chi connectivity index (χ4v) is 2.37. The second-order valence-corrected chi connectivity index (χ2v) is 5.09. The first-order valence-corrected chi connectivity index (χ1v) is 6.77. The summed E-state index contributed by atoms with van der Waals surface area (Å²) in [6.07, 6.45) is 1.25. The normalized spacial score (nSPS) is 14.2. The van der Waals surface area contributed by atoms with E-state index in [-0.39, 0.29) is 11.3 Å². The second kappa shape index (κ2) is 5.54. The lowest BCUT2D eigenvalue weighted by molar-refractivity contribution is -0.119. The molecule has 0 spiro atoms. The van der Waals surface area contributed by atoms with E-state index >= 15 is 0 Å². The van der Waals surface area contributed by atoms with Crippen LogP contribution in [0.15, 0.2) is 59.8 Å². The number of imide groups is 1. The van der Waals surface area contributed by atoms with Gasteiger partial charge >= 0.3 is 0 Å². The Hall–Kier alpha value is -2.79. The van der Waals surface area contributed by atoms with Crippen LogP contribution in [0.2, 0.25) is 5.02 Å². The molecular formula is C16H9ClN2O3. The number of carbonyl (C=O) groups excluding carboxylic acids is 2. The van der Waals surface area contributed by atoms with Crippen LogP contribution in [-0.4, -0.2) is 11.8 Å². The lowest BCUT2D eigenvalue weighted by atomic mass is 10.1. The number of halogens is 1. The summed E-state index contributed by atoms with van der Waals surface area (Å²) in [6.45, 7) is 0. The maximum atomic E-state index is 12.5. The molecule has 0 saturated carbocycles. The number of nitrogens with zero attached hydrogens (tertiary/aromatic N) is 2. The first kappa shape index (κ1) is 14.2. The van der Waals surface area contributed by atoms with E-state index in [9.17, 15) is 14.5 Å². The average Bonchev–Trinajstić information content (AvgIpc) is 2.83. The molecule has 2 amide bonds. The largest absolute Gasteiger partial charge is 0.269 e. The molecular weight excluding hydrogens is 304 g/mol. The molecule has 108 valence electrons. The number of nitroso groups, excluding NO2 is 1. The molecule has 2 aromatic carbocycles. The smallest absolute Gasteiger partial charge is 0.266 e. The molecule has 22 heavy (non-hydrogen) atoms. The van der Waals surface area contributed by atoms with Crippen molar-refractivity contribution in [3.8, 4) is 0 Å². The van der Waals surface area contributed by atoms with Gasteiger partial charge in [-0.2, -0.15) is 0 Å². The summed E-state index contributed by atoms with van der Waals surface area (Å²) in [7, 11) is 0. The van der Waals surface area contributed by atoms with Crippen molar-refractivity contribution in [3.63, 3.8) is 0 Å². The summed E-state index contributed by atoms with van der Waals surface area (Å²) < 4.78 is 0. The molecule has 3 rings (SSSR count). The summed E-state index contributed by atoms with van der Waals surface area (Å²) in [6, 6.07) is 12.6. The van der Waals surface area contributed by atoms with Crippen LogP contribution < -0.4 is 4.90 Å². The van der Waals surface area contributed by atoms with Crippen LogP contribution in [-0.2, 0) is 9.59 Å². The second-order valence-electron chi connectivity index (χ2n) is 4.65. The number of benzene rings is 2. The third-order valence-electron chi connectivity index (χ3n) is 3.27. The molecule has 0 radical (unpaired) electrons. The highest BCUT2D eigenvalue weighted by atomic mass is 35.5. The van der Waals surface area contributed by atoms with Gasteiger partial charge in [0, 0.05) is 11.1 Å². The summed E-state index contributed by atoms with van der Waals surface area (Å²) in [4.78, 5) is 36.3. The van der Waals surface area contributed by atoms with Crippen molar-refractivity contribution in [2.45, 2.75) is 0 Å². The van der Waals surface area contributed by atoms with Gasteiger partial charge in [-0.1, -0.05) is 23.7 Å². The predicted octanol–water partition coefficient (Wildman–Crippen LogP) is 3.69. The molecule has 0 aliphatic carbocycles. The van der Waals surface area contributed by atoms with Crippen molar-refractivity contribution in [2.75, 3.05) is 4.90 Å². The molecule has 6 heteroatoms. The molecule has 1 aliphatic rings. The summed E-state index contributed by atoms with van der Waals surface area (Å²) in [5.41, 5.74) is 1.34. The number of hydrogen-bond donors (Lipinski definition) is 0. The Kier molecular flexibility index (Phi) is 3.56. The van der Waals surface area contributed by atoms with Crippen LogP contribution >= 0.6 is 11.6 Å². The fourth-order valence-electron chi connectivity index (χ4n) is 2.24. The Morgan fingerprint density at radius 1 is 1.00 bits per heavy atom. The van der Waals surface area contributed by atoms with E-state index < -0.39 is 11.8 Å². The summed E-state index contributed by atoms with van der Waals surface area (Å²) >= 11 is 5.81. The standard InChI is InChI=1S/C16H9ClN2O3/c17-11-4-6-13(7-5-11)19-15(20)9-14(16(19)21)10-2-1-3-12(8-10)18-22/h1-9H. The molecule has 2 aromatic rings. The lowest BCUT2D eigenvalue weighted by Gasteiger charge is -2.15. The van der Waals surface area contributed by atoms with E-state index in [1.807, 2.05) is 0 Å². The Morgan fingerprint density at radius 3 is 2.41 bits per heavy atom. The van der Waals surface area contributed by atoms with Crippen LogP contribution in [0.25, 0.3) is 5.57 Å². The molecule has 1 heterocycles. The van der Waals surface area contributed by atoms with Crippen molar-refractivity contribution >= 4 is 40.4 Å². The molecule has 1 aliphatic heterocycles. The fraction of sp³-hybridized carbons (Fsp3) is 0. The van der Waals surface area contributed by atoms with Crippen LogP contribution in [0.1, 0.15) is 5.56 Å². The molecule has 0 unspecified atom stereocenters. The van der Waals surface area contributed by atoms with E-state index in [4.69, 9.17) is 11.6 Å². The van der Waals surface area contributed by atoms with E-state index in [0.29, 0.717) is 16.3 Å². The Balaban J connectivity index is 1.97. The quantitative estimate of drug-likeness (QED) is 0.641. The van der Waals surface area contributed by atoms with Gasteiger partial charge in [-0.3, -0.25) is 9.59 Å². The van der Waals surface area contributed by atoms with Gasteiger partial charge in [-0.25, -0.2) is 4.90 Å².